The zero-order chi connectivity index (χ0) is 20.1. The summed E-state index contributed by atoms with van der Waals surface area (Å²) in [4.78, 5) is 25.3. The van der Waals surface area contributed by atoms with Gasteiger partial charge in [-0.1, -0.05) is 18.2 Å². The van der Waals surface area contributed by atoms with Crippen LogP contribution in [0.15, 0.2) is 65.6 Å². The Bertz CT molecular complexity index is 1060. The van der Waals surface area contributed by atoms with Crippen LogP contribution in [0.5, 0.6) is 11.5 Å². The van der Waals surface area contributed by atoms with E-state index in [1.165, 1.54) is 37.1 Å². The zero-order valence-corrected chi connectivity index (χ0v) is 15.4. The Morgan fingerprint density at radius 1 is 1.04 bits per heavy atom. The molecule has 1 aromatic heterocycles. The molecule has 1 heterocycles. The molecule has 28 heavy (non-hydrogen) atoms. The Balaban J connectivity index is 1.85. The van der Waals surface area contributed by atoms with Crippen LogP contribution in [0.4, 0.5) is 10.1 Å². The van der Waals surface area contributed by atoms with Crippen molar-refractivity contribution in [3.8, 4) is 11.5 Å². The molecule has 7 heteroatoms. The van der Waals surface area contributed by atoms with E-state index in [-0.39, 0.29) is 12.1 Å². The summed E-state index contributed by atoms with van der Waals surface area (Å²) in [7, 11) is 3.00. The van der Waals surface area contributed by atoms with Crippen molar-refractivity contribution in [3.05, 3.63) is 88.1 Å². The quantitative estimate of drug-likeness (QED) is 0.710. The van der Waals surface area contributed by atoms with E-state index in [0.717, 1.165) is 0 Å². The number of methoxy groups -OCH3 is 2. The van der Waals surface area contributed by atoms with E-state index in [4.69, 9.17) is 9.47 Å². The van der Waals surface area contributed by atoms with Crippen LogP contribution in [-0.4, -0.2) is 24.7 Å². The first-order valence-electron chi connectivity index (χ1n) is 8.49. The van der Waals surface area contributed by atoms with Gasteiger partial charge in [0.1, 0.15) is 11.4 Å². The smallest absolute Gasteiger partial charge is 0.263 e. The lowest BCUT2D eigenvalue weighted by molar-refractivity contribution is 0.102. The maximum atomic E-state index is 13.9. The van der Waals surface area contributed by atoms with Crippen molar-refractivity contribution in [1.82, 2.24) is 4.57 Å². The van der Waals surface area contributed by atoms with Gasteiger partial charge in [0.15, 0.2) is 11.5 Å². The van der Waals surface area contributed by atoms with Gasteiger partial charge in [-0.25, -0.2) is 4.39 Å². The molecule has 0 aliphatic rings. The van der Waals surface area contributed by atoms with Crippen molar-refractivity contribution >= 4 is 11.6 Å². The van der Waals surface area contributed by atoms with Gasteiger partial charge in [-0.15, -0.1) is 0 Å². The molecule has 0 atom stereocenters. The van der Waals surface area contributed by atoms with Crippen LogP contribution >= 0.6 is 0 Å². The number of carbonyl (C=O) groups excluding carboxylic acids is 1. The number of halogens is 1. The SMILES string of the molecule is COc1ccc(NC(=O)c2cccn(Cc3ccccc3F)c2=O)cc1OC. The number of nitrogens with zero attached hydrogens (tertiary/aromatic N) is 1. The first kappa shape index (κ1) is 19.2. The van der Waals surface area contributed by atoms with Gasteiger partial charge < -0.3 is 19.4 Å². The predicted octanol–water partition coefficient (Wildman–Crippen LogP) is 3.31. The van der Waals surface area contributed by atoms with Gasteiger partial charge in [0.05, 0.1) is 20.8 Å². The molecule has 0 bridgehead atoms. The number of anilines is 1. The molecule has 0 saturated carbocycles. The van der Waals surface area contributed by atoms with Gasteiger partial charge in [0.25, 0.3) is 11.5 Å². The molecule has 0 spiro atoms. The number of carbonyl (C=O) groups is 1. The summed E-state index contributed by atoms with van der Waals surface area (Å²) in [6.07, 6.45) is 1.52. The number of nitrogens with one attached hydrogen (secondary N) is 1. The predicted molar refractivity (Wildman–Crippen MR) is 104 cm³/mol. The number of aromatic nitrogens is 1. The highest BCUT2D eigenvalue weighted by Gasteiger charge is 2.14. The molecule has 2 aromatic carbocycles. The molecule has 0 aliphatic carbocycles. The molecule has 0 aliphatic heterocycles. The van der Waals surface area contributed by atoms with E-state index in [1.807, 2.05) is 0 Å². The number of hydrogen-bond acceptors (Lipinski definition) is 4. The van der Waals surface area contributed by atoms with Crippen LogP contribution in [-0.2, 0) is 6.54 Å². The molecule has 0 radical (unpaired) electrons. The molecule has 0 fully saturated rings. The maximum Gasteiger partial charge on any atom is 0.263 e. The summed E-state index contributed by atoms with van der Waals surface area (Å²) >= 11 is 0. The van der Waals surface area contributed by atoms with E-state index < -0.39 is 17.3 Å². The maximum absolute atomic E-state index is 13.9. The first-order valence-corrected chi connectivity index (χ1v) is 8.49. The lowest BCUT2D eigenvalue weighted by Crippen LogP contribution is -2.29. The van der Waals surface area contributed by atoms with Crippen LogP contribution in [0, 0.1) is 5.82 Å². The van der Waals surface area contributed by atoms with Crippen molar-refractivity contribution in [2.75, 3.05) is 19.5 Å². The number of rotatable bonds is 6. The molecule has 3 aromatic rings. The van der Waals surface area contributed by atoms with Crippen molar-refractivity contribution in [1.29, 1.82) is 0 Å². The van der Waals surface area contributed by atoms with E-state index in [1.54, 1.807) is 42.5 Å². The highest BCUT2D eigenvalue weighted by Crippen LogP contribution is 2.29. The number of ether oxygens (including phenoxy) is 2. The topological polar surface area (TPSA) is 69.6 Å². The Kier molecular flexibility index (Phi) is 5.74. The van der Waals surface area contributed by atoms with Gasteiger partial charge >= 0.3 is 0 Å². The number of hydrogen-bond donors (Lipinski definition) is 1. The van der Waals surface area contributed by atoms with Crippen LogP contribution in [0.25, 0.3) is 0 Å². The molecule has 6 nitrogen and oxygen atoms in total. The third-order valence-electron chi connectivity index (χ3n) is 4.20. The lowest BCUT2D eigenvalue weighted by Gasteiger charge is -2.11. The van der Waals surface area contributed by atoms with Gasteiger partial charge in [-0.05, 0) is 30.3 Å². The fourth-order valence-corrected chi connectivity index (χ4v) is 2.76. The molecule has 3 rings (SSSR count). The van der Waals surface area contributed by atoms with Crippen molar-refractivity contribution in [2.45, 2.75) is 6.54 Å². The Morgan fingerprint density at radius 3 is 2.50 bits per heavy atom. The molecular weight excluding hydrogens is 363 g/mol. The third-order valence-corrected chi connectivity index (χ3v) is 4.20. The van der Waals surface area contributed by atoms with E-state index in [2.05, 4.69) is 5.32 Å². The summed E-state index contributed by atoms with van der Waals surface area (Å²) in [5, 5.41) is 2.67. The molecule has 0 unspecified atom stereocenters. The lowest BCUT2D eigenvalue weighted by atomic mass is 10.2. The highest BCUT2D eigenvalue weighted by molar-refractivity contribution is 6.04. The summed E-state index contributed by atoms with van der Waals surface area (Å²) in [5.41, 5.74) is 0.256. The van der Waals surface area contributed by atoms with Crippen LogP contribution in [0.3, 0.4) is 0 Å². The van der Waals surface area contributed by atoms with Crippen molar-refractivity contribution in [3.63, 3.8) is 0 Å². The normalized spacial score (nSPS) is 10.4. The summed E-state index contributed by atoms with van der Waals surface area (Å²) in [5.74, 6) is -0.00698. The average Bonchev–Trinajstić information content (AvgIpc) is 2.71. The molecular formula is C21H19FN2O4. The zero-order valence-electron chi connectivity index (χ0n) is 15.4. The van der Waals surface area contributed by atoms with E-state index in [0.29, 0.717) is 22.7 Å². The fraction of sp³-hybridized carbons (Fsp3) is 0.143. The minimum absolute atomic E-state index is 0.0307. The van der Waals surface area contributed by atoms with Crippen LogP contribution in [0.1, 0.15) is 15.9 Å². The number of amides is 1. The summed E-state index contributed by atoms with van der Waals surface area (Å²) < 4.78 is 25.5. The van der Waals surface area contributed by atoms with Crippen LogP contribution in [0.2, 0.25) is 0 Å². The summed E-state index contributed by atoms with van der Waals surface area (Å²) in [6.45, 7) is 0.0307. The molecule has 1 amide bonds. The Labute approximate surface area is 161 Å². The highest BCUT2D eigenvalue weighted by atomic mass is 19.1. The van der Waals surface area contributed by atoms with Gasteiger partial charge in [0, 0.05) is 23.5 Å². The minimum Gasteiger partial charge on any atom is -0.493 e. The van der Waals surface area contributed by atoms with E-state index >= 15 is 0 Å². The summed E-state index contributed by atoms with van der Waals surface area (Å²) in [6, 6.07) is 14.1. The second-order valence-electron chi connectivity index (χ2n) is 5.97. The largest absolute Gasteiger partial charge is 0.493 e. The third kappa shape index (κ3) is 4.03. The second kappa shape index (κ2) is 8.39. The standard InChI is InChI=1S/C21H19FN2O4/c1-27-18-10-9-15(12-19(18)28-2)23-20(25)16-7-5-11-24(21(16)26)13-14-6-3-4-8-17(14)22/h3-12H,13H2,1-2H3,(H,23,25). The fourth-order valence-electron chi connectivity index (χ4n) is 2.76. The Morgan fingerprint density at radius 2 is 1.79 bits per heavy atom. The van der Waals surface area contributed by atoms with Crippen molar-refractivity contribution < 1.29 is 18.7 Å². The second-order valence-corrected chi connectivity index (χ2v) is 5.97. The molecule has 1 N–H and O–H groups in total. The van der Waals surface area contributed by atoms with Crippen molar-refractivity contribution in [2.24, 2.45) is 0 Å². The first-order chi connectivity index (χ1) is 13.5. The Hall–Kier alpha value is -3.61. The van der Waals surface area contributed by atoms with Crippen LogP contribution < -0.4 is 20.3 Å². The monoisotopic (exact) mass is 382 g/mol. The molecule has 0 saturated heterocycles. The number of pyridine rings is 1. The average molecular weight is 382 g/mol. The number of benzene rings is 2. The van der Waals surface area contributed by atoms with E-state index in [9.17, 15) is 14.0 Å². The minimum atomic E-state index is -0.569. The van der Waals surface area contributed by atoms with Gasteiger partial charge in [-0.2, -0.15) is 0 Å². The van der Waals surface area contributed by atoms with Gasteiger partial charge in [-0.3, -0.25) is 9.59 Å². The molecule has 144 valence electrons. The van der Waals surface area contributed by atoms with Gasteiger partial charge in [0.2, 0.25) is 0 Å².